The molecule has 0 aliphatic carbocycles. The van der Waals surface area contributed by atoms with Gasteiger partial charge < -0.3 is 29.8 Å². The van der Waals surface area contributed by atoms with E-state index in [0.717, 1.165) is 10.8 Å². The van der Waals surface area contributed by atoms with Gasteiger partial charge in [0, 0.05) is 16.5 Å². The molecular formula is C19H19NO6. The van der Waals surface area contributed by atoms with E-state index in [9.17, 15) is 9.90 Å². The third-order valence-electron chi connectivity index (χ3n) is 4.32. The molecule has 3 rings (SSSR count). The number of nitrogen functional groups attached to an aromatic ring is 1. The molecule has 0 atom stereocenters. The van der Waals surface area contributed by atoms with Gasteiger partial charge in [-0.3, -0.25) is 0 Å². The van der Waals surface area contributed by atoms with Crippen molar-refractivity contribution in [2.75, 3.05) is 34.2 Å². The van der Waals surface area contributed by atoms with Gasteiger partial charge in [-0.15, -0.1) is 0 Å². The van der Waals surface area contributed by atoms with Gasteiger partial charge >= 0.3 is 5.97 Å². The second-order valence-electron chi connectivity index (χ2n) is 5.58. The highest BCUT2D eigenvalue weighted by molar-refractivity contribution is 6.23. The van der Waals surface area contributed by atoms with Crippen molar-refractivity contribution in [3.63, 3.8) is 0 Å². The number of carboxylic acids is 1. The summed E-state index contributed by atoms with van der Waals surface area (Å²) in [5.41, 5.74) is 6.44. The Bertz CT molecular complexity index is 1030. The van der Waals surface area contributed by atoms with Crippen molar-refractivity contribution in [3.05, 3.63) is 29.8 Å². The highest BCUT2D eigenvalue weighted by atomic mass is 16.5. The van der Waals surface area contributed by atoms with Crippen molar-refractivity contribution < 1.29 is 28.8 Å². The minimum Gasteiger partial charge on any atom is -0.497 e. The highest BCUT2D eigenvalue weighted by Gasteiger charge is 2.28. The Hall–Kier alpha value is -3.35. The molecule has 0 heterocycles. The van der Waals surface area contributed by atoms with Gasteiger partial charge in [-0.05, 0) is 29.0 Å². The van der Waals surface area contributed by atoms with E-state index < -0.39 is 5.97 Å². The van der Waals surface area contributed by atoms with Crippen LogP contribution in [-0.2, 0) is 0 Å². The Morgan fingerprint density at radius 2 is 1.54 bits per heavy atom. The minimum absolute atomic E-state index is 0.0540. The summed E-state index contributed by atoms with van der Waals surface area (Å²) in [6, 6.07) is 7.17. The van der Waals surface area contributed by atoms with Crippen molar-refractivity contribution >= 4 is 33.2 Å². The third-order valence-corrected chi connectivity index (χ3v) is 4.32. The van der Waals surface area contributed by atoms with Gasteiger partial charge in [-0.1, -0.05) is 6.07 Å². The zero-order valence-corrected chi connectivity index (χ0v) is 14.9. The first-order chi connectivity index (χ1) is 12.5. The van der Waals surface area contributed by atoms with E-state index in [1.165, 1.54) is 21.3 Å². The van der Waals surface area contributed by atoms with Gasteiger partial charge in [-0.25, -0.2) is 4.79 Å². The lowest BCUT2D eigenvalue weighted by Gasteiger charge is -2.20. The maximum atomic E-state index is 12.0. The van der Waals surface area contributed by atoms with E-state index in [1.54, 1.807) is 25.3 Å². The average molecular weight is 357 g/mol. The third kappa shape index (κ3) is 2.40. The number of methoxy groups -OCH3 is 4. The second kappa shape index (κ2) is 6.51. The summed E-state index contributed by atoms with van der Waals surface area (Å²) < 4.78 is 21.6. The molecule has 0 aromatic heterocycles. The molecule has 3 aromatic rings. The van der Waals surface area contributed by atoms with E-state index in [-0.39, 0.29) is 17.1 Å². The Balaban J connectivity index is 2.70. The first-order valence-corrected chi connectivity index (χ1v) is 7.73. The van der Waals surface area contributed by atoms with E-state index >= 15 is 0 Å². The Labute approximate surface area is 149 Å². The number of anilines is 1. The topological polar surface area (TPSA) is 100 Å². The summed E-state index contributed by atoms with van der Waals surface area (Å²) in [6.07, 6.45) is 0. The zero-order chi connectivity index (χ0) is 19.0. The number of ether oxygens (including phenoxy) is 4. The van der Waals surface area contributed by atoms with Gasteiger partial charge in [0.15, 0.2) is 11.5 Å². The van der Waals surface area contributed by atoms with Crippen LogP contribution in [0, 0.1) is 0 Å². The molecule has 0 saturated heterocycles. The molecular weight excluding hydrogens is 338 g/mol. The largest absolute Gasteiger partial charge is 0.497 e. The van der Waals surface area contributed by atoms with Gasteiger partial charge in [-0.2, -0.15) is 0 Å². The van der Waals surface area contributed by atoms with Crippen molar-refractivity contribution in [2.45, 2.75) is 0 Å². The Kier molecular flexibility index (Phi) is 4.38. The predicted octanol–water partition coefficient (Wildman–Crippen LogP) is 3.31. The normalized spacial score (nSPS) is 10.8. The maximum absolute atomic E-state index is 12.0. The number of nitrogens with two attached hydrogens (primary N) is 1. The molecule has 7 heteroatoms. The summed E-state index contributed by atoms with van der Waals surface area (Å²) in [5.74, 6) is 0.0295. The van der Waals surface area contributed by atoms with E-state index in [2.05, 4.69) is 0 Å². The first kappa shape index (κ1) is 17.5. The number of fused-ring (bicyclic) bond motifs is 3. The number of hydrogen-bond acceptors (Lipinski definition) is 6. The van der Waals surface area contributed by atoms with Crippen molar-refractivity contribution in [3.8, 4) is 23.0 Å². The van der Waals surface area contributed by atoms with Crippen LogP contribution in [0.4, 0.5) is 5.69 Å². The Morgan fingerprint density at radius 3 is 2.08 bits per heavy atom. The van der Waals surface area contributed by atoms with Crippen molar-refractivity contribution in [1.29, 1.82) is 0 Å². The van der Waals surface area contributed by atoms with Crippen LogP contribution in [0.25, 0.3) is 21.5 Å². The molecule has 0 radical (unpaired) electrons. The molecule has 0 saturated carbocycles. The summed E-state index contributed by atoms with van der Waals surface area (Å²) in [7, 11) is 5.83. The molecule has 0 aliphatic rings. The van der Waals surface area contributed by atoms with E-state index in [1.807, 2.05) is 6.07 Å². The number of rotatable bonds is 5. The molecule has 3 aromatic carbocycles. The van der Waals surface area contributed by atoms with Gasteiger partial charge in [0.2, 0.25) is 5.75 Å². The van der Waals surface area contributed by atoms with Crippen molar-refractivity contribution in [1.82, 2.24) is 0 Å². The second-order valence-corrected chi connectivity index (χ2v) is 5.58. The number of aromatic carboxylic acids is 1. The number of benzene rings is 3. The van der Waals surface area contributed by atoms with Crippen LogP contribution in [0.5, 0.6) is 23.0 Å². The molecule has 0 bridgehead atoms. The van der Waals surface area contributed by atoms with Crippen LogP contribution in [0.15, 0.2) is 24.3 Å². The van der Waals surface area contributed by atoms with Crippen LogP contribution < -0.4 is 24.7 Å². The van der Waals surface area contributed by atoms with Crippen LogP contribution in [-0.4, -0.2) is 39.5 Å². The fourth-order valence-corrected chi connectivity index (χ4v) is 3.25. The lowest BCUT2D eigenvalue weighted by molar-refractivity contribution is 0.0695. The summed E-state index contributed by atoms with van der Waals surface area (Å²) in [6.45, 7) is 0. The SMILES string of the molecule is COc1ccc2cc(N)c3c(C(=O)O)c(OC)c(OC)c(OC)c3c2c1. The number of hydrogen-bond donors (Lipinski definition) is 2. The molecule has 0 unspecified atom stereocenters. The van der Waals surface area contributed by atoms with Gasteiger partial charge in [0.25, 0.3) is 0 Å². The van der Waals surface area contributed by atoms with Crippen LogP contribution in [0.2, 0.25) is 0 Å². The fourth-order valence-electron chi connectivity index (χ4n) is 3.25. The molecule has 0 aliphatic heterocycles. The highest BCUT2D eigenvalue weighted by Crippen LogP contribution is 2.50. The monoisotopic (exact) mass is 357 g/mol. The zero-order valence-electron chi connectivity index (χ0n) is 14.9. The van der Waals surface area contributed by atoms with E-state index in [4.69, 9.17) is 24.7 Å². The molecule has 0 amide bonds. The molecule has 136 valence electrons. The van der Waals surface area contributed by atoms with Crippen LogP contribution in [0.1, 0.15) is 10.4 Å². The molecule has 0 fully saturated rings. The quantitative estimate of drug-likeness (QED) is 0.534. The standard InChI is InChI=1S/C19H19NO6/c1-23-10-6-5-9-7-12(20)14-13(11(9)8-10)16(24-2)18(26-4)17(25-3)15(14)19(21)22/h5-8H,20H2,1-4H3,(H,21,22). The summed E-state index contributed by atoms with van der Waals surface area (Å²) in [5, 5.41) is 12.2. The number of carbonyl (C=O) groups is 1. The predicted molar refractivity (Wildman–Crippen MR) is 99.0 cm³/mol. The molecule has 3 N–H and O–H groups in total. The summed E-state index contributed by atoms with van der Waals surface area (Å²) in [4.78, 5) is 12.0. The van der Waals surface area contributed by atoms with Gasteiger partial charge in [0.05, 0.1) is 28.4 Å². The fraction of sp³-hybridized carbons (Fsp3) is 0.211. The van der Waals surface area contributed by atoms with Crippen LogP contribution >= 0.6 is 0 Å². The summed E-state index contributed by atoms with van der Waals surface area (Å²) >= 11 is 0. The maximum Gasteiger partial charge on any atom is 0.340 e. The minimum atomic E-state index is -1.18. The number of carboxylic acid groups (broad SMARTS) is 1. The smallest absolute Gasteiger partial charge is 0.340 e. The van der Waals surface area contributed by atoms with E-state index in [0.29, 0.717) is 28.0 Å². The molecule has 26 heavy (non-hydrogen) atoms. The first-order valence-electron chi connectivity index (χ1n) is 7.73. The Morgan fingerprint density at radius 1 is 0.885 bits per heavy atom. The lowest BCUT2D eigenvalue weighted by Crippen LogP contribution is -2.07. The van der Waals surface area contributed by atoms with Crippen LogP contribution in [0.3, 0.4) is 0 Å². The molecule has 7 nitrogen and oxygen atoms in total. The van der Waals surface area contributed by atoms with Gasteiger partial charge in [0.1, 0.15) is 11.3 Å². The average Bonchev–Trinajstić information content (AvgIpc) is 2.65. The van der Waals surface area contributed by atoms with Crippen molar-refractivity contribution in [2.24, 2.45) is 0 Å². The lowest BCUT2D eigenvalue weighted by atomic mass is 9.94. The molecule has 0 spiro atoms.